The molecule has 0 aliphatic carbocycles. The number of carboxylic acid groups (broad SMARTS) is 1. The summed E-state index contributed by atoms with van der Waals surface area (Å²) in [5, 5.41) is 11.3. The summed E-state index contributed by atoms with van der Waals surface area (Å²) in [5.74, 6) is -1.22. The Hall–Kier alpha value is -1.98. The fourth-order valence-corrected chi connectivity index (χ4v) is 1.23. The van der Waals surface area contributed by atoms with Crippen LogP contribution in [0.2, 0.25) is 0 Å². The Kier molecular flexibility index (Phi) is 4.56. The van der Waals surface area contributed by atoms with E-state index in [0.717, 1.165) is 6.42 Å². The van der Waals surface area contributed by atoms with Crippen LogP contribution >= 0.6 is 0 Å². The molecule has 1 amide bonds. The van der Waals surface area contributed by atoms with Gasteiger partial charge in [0.25, 0.3) is 0 Å². The number of aromatic nitrogens is 2. The maximum atomic E-state index is 11.6. The minimum Gasteiger partial charge on any atom is -0.476 e. The van der Waals surface area contributed by atoms with Gasteiger partial charge < -0.3 is 10.4 Å². The van der Waals surface area contributed by atoms with E-state index in [0.29, 0.717) is 6.42 Å². The molecular formula is C11H15N3O3. The second-order valence-electron chi connectivity index (χ2n) is 3.82. The lowest BCUT2D eigenvalue weighted by molar-refractivity contribution is -0.117. The smallest absolute Gasteiger partial charge is 0.358 e. The average molecular weight is 237 g/mol. The van der Waals surface area contributed by atoms with E-state index in [1.807, 2.05) is 13.8 Å². The third-order valence-corrected chi connectivity index (χ3v) is 2.39. The zero-order chi connectivity index (χ0) is 12.8. The normalized spacial score (nSPS) is 11.9. The molecule has 0 fully saturated rings. The van der Waals surface area contributed by atoms with Crippen LogP contribution in [0.25, 0.3) is 0 Å². The molecule has 2 N–H and O–H groups in total. The minimum atomic E-state index is -1.21. The van der Waals surface area contributed by atoms with E-state index in [-0.39, 0.29) is 23.3 Å². The lowest BCUT2D eigenvalue weighted by atomic mass is 10.1. The number of carboxylic acids is 1. The summed E-state index contributed by atoms with van der Waals surface area (Å²) in [6.07, 6.45) is 3.84. The Morgan fingerprint density at radius 2 is 2.06 bits per heavy atom. The van der Waals surface area contributed by atoms with Crippen LogP contribution in [0.3, 0.4) is 0 Å². The first-order valence-corrected chi connectivity index (χ1v) is 5.38. The molecule has 1 rings (SSSR count). The minimum absolute atomic E-state index is 0.00620. The van der Waals surface area contributed by atoms with Crippen molar-refractivity contribution in [2.45, 2.75) is 26.7 Å². The van der Waals surface area contributed by atoms with Crippen LogP contribution in [-0.2, 0) is 4.79 Å². The molecule has 1 aromatic heterocycles. The van der Waals surface area contributed by atoms with Crippen LogP contribution in [0.5, 0.6) is 0 Å². The van der Waals surface area contributed by atoms with Gasteiger partial charge in [-0.25, -0.2) is 14.8 Å². The van der Waals surface area contributed by atoms with Gasteiger partial charge >= 0.3 is 5.97 Å². The van der Waals surface area contributed by atoms with Gasteiger partial charge in [0, 0.05) is 18.8 Å². The van der Waals surface area contributed by atoms with Crippen molar-refractivity contribution in [3.8, 4) is 0 Å². The summed E-state index contributed by atoms with van der Waals surface area (Å²) >= 11 is 0. The SMILES string of the molecule is CCC(C)CC(=O)Nc1nccnc1C(=O)O. The number of hydrogen-bond acceptors (Lipinski definition) is 4. The fraction of sp³-hybridized carbons (Fsp3) is 0.455. The molecule has 0 spiro atoms. The maximum absolute atomic E-state index is 11.6. The van der Waals surface area contributed by atoms with Crippen LogP contribution in [0.4, 0.5) is 5.82 Å². The highest BCUT2D eigenvalue weighted by atomic mass is 16.4. The Morgan fingerprint density at radius 3 is 2.65 bits per heavy atom. The van der Waals surface area contributed by atoms with Crippen LogP contribution < -0.4 is 5.32 Å². The lowest BCUT2D eigenvalue weighted by Crippen LogP contribution is -2.18. The molecule has 0 saturated carbocycles. The van der Waals surface area contributed by atoms with Gasteiger partial charge in [-0.3, -0.25) is 4.79 Å². The van der Waals surface area contributed by atoms with Gasteiger partial charge in [-0.1, -0.05) is 20.3 Å². The van der Waals surface area contributed by atoms with E-state index in [9.17, 15) is 9.59 Å². The van der Waals surface area contributed by atoms with Crippen LogP contribution in [0, 0.1) is 5.92 Å². The lowest BCUT2D eigenvalue weighted by Gasteiger charge is -2.09. The van der Waals surface area contributed by atoms with Crippen LogP contribution in [0.15, 0.2) is 12.4 Å². The molecule has 0 radical (unpaired) electrons. The number of aromatic carboxylic acids is 1. The molecule has 1 atom stereocenters. The van der Waals surface area contributed by atoms with E-state index in [2.05, 4.69) is 15.3 Å². The van der Waals surface area contributed by atoms with E-state index >= 15 is 0 Å². The molecule has 0 aliphatic rings. The summed E-state index contributed by atoms with van der Waals surface area (Å²) in [6, 6.07) is 0. The largest absolute Gasteiger partial charge is 0.476 e. The monoisotopic (exact) mass is 237 g/mol. The number of anilines is 1. The summed E-state index contributed by atoms with van der Waals surface area (Å²) < 4.78 is 0. The van der Waals surface area contributed by atoms with Crippen molar-refractivity contribution in [1.29, 1.82) is 0 Å². The van der Waals surface area contributed by atoms with Gasteiger partial charge in [0.2, 0.25) is 5.91 Å². The highest BCUT2D eigenvalue weighted by Crippen LogP contribution is 2.11. The Bertz CT molecular complexity index is 420. The highest BCUT2D eigenvalue weighted by Gasteiger charge is 2.15. The van der Waals surface area contributed by atoms with Gasteiger partial charge in [0.15, 0.2) is 11.5 Å². The Labute approximate surface area is 99.1 Å². The second-order valence-corrected chi connectivity index (χ2v) is 3.82. The zero-order valence-electron chi connectivity index (χ0n) is 9.80. The predicted molar refractivity (Wildman–Crippen MR) is 61.7 cm³/mol. The molecule has 0 aromatic carbocycles. The van der Waals surface area contributed by atoms with Crippen molar-refractivity contribution in [2.75, 3.05) is 5.32 Å². The first-order valence-electron chi connectivity index (χ1n) is 5.38. The Morgan fingerprint density at radius 1 is 1.41 bits per heavy atom. The van der Waals surface area contributed by atoms with Crippen molar-refractivity contribution in [1.82, 2.24) is 9.97 Å². The number of nitrogens with zero attached hydrogens (tertiary/aromatic N) is 2. The molecule has 0 saturated heterocycles. The molecule has 0 bridgehead atoms. The summed E-state index contributed by atoms with van der Waals surface area (Å²) in [5.41, 5.74) is -0.245. The van der Waals surface area contributed by atoms with Crippen molar-refractivity contribution in [2.24, 2.45) is 5.92 Å². The standard InChI is InChI=1S/C11H15N3O3/c1-3-7(2)6-8(15)14-10-9(11(16)17)12-4-5-13-10/h4-5,7H,3,6H2,1-2H3,(H,16,17)(H,13,14,15). The molecule has 0 aliphatic heterocycles. The quantitative estimate of drug-likeness (QED) is 0.810. The topological polar surface area (TPSA) is 92.2 Å². The second kappa shape index (κ2) is 5.93. The van der Waals surface area contributed by atoms with Gasteiger partial charge in [0.05, 0.1) is 0 Å². The van der Waals surface area contributed by atoms with Gasteiger partial charge in [0.1, 0.15) is 0 Å². The third-order valence-electron chi connectivity index (χ3n) is 2.39. The first kappa shape index (κ1) is 13.1. The number of nitrogens with one attached hydrogen (secondary N) is 1. The van der Waals surface area contributed by atoms with Gasteiger partial charge in [-0.05, 0) is 5.92 Å². The van der Waals surface area contributed by atoms with Crippen molar-refractivity contribution in [3.63, 3.8) is 0 Å². The molecule has 1 unspecified atom stereocenters. The summed E-state index contributed by atoms with van der Waals surface area (Å²) in [4.78, 5) is 29.9. The summed E-state index contributed by atoms with van der Waals surface area (Å²) in [7, 11) is 0. The first-order chi connectivity index (χ1) is 8.04. The summed E-state index contributed by atoms with van der Waals surface area (Å²) in [6.45, 7) is 3.94. The highest BCUT2D eigenvalue weighted by molar-refractivity contribution is 5.97. The molecule has 17 heavy (non-hydrogen) atoms. The molecule has 6 heteroatoms. The molecule has 92 valence electrons. The van der Waals surface area contributed by atoms with E-state index in [4.69, 9.17) is 5.11 Å². The van der Waals surface area contributed by atoms with Crippen molar-refractivity contribution < 1.29 is 14.7 Å². The number of hydrogen-bond donors (Lipinski definition) is 2. The van der Waals surface area contributed by atoms with Crippen LogP contribution in [-0.4, -0.2) is 27.0 Å². The number of carbonyl (C=O) groups excluding carboxylic acids is 1. The number of rotatable bonds is 5. The van der Waals surface area contributed by atoms with Crippen LogP contribution in [0.1, 0.15) is 37.2 Å². The van der Waals surface area contributed by atoms with Gasteiger partial charge in [-0.15, -0.1) is 0 Å². The molecule has 1 heterocycles. The molecule has 6 nitrogen and oxygen atoms in total. The number of amides is 1. The van der Waals surface area contributed by atoms with E-state index in [1.165, 1.54) is 12.4 Å². The van der Waals surface area contributed by atoms with Gasteiger partial charge in [-0.2, -0.15) is 0 Å². The van der Waals surface area contributed by atoms with Crippen molar-refractivity contribution in [3.05, 3.63) is 18.1 Å². The van der Waals surface area contributed by atoms with E-state index < -0.39 is 5.97 Å². The molecular weight excluding hydrogens is 222 g/mol. The third kappa shape index (κ3) is 3.82. The molecule has 1 aromatic rings. The fourth-order valence-electron chi connectivity index (χ4n) is 1.23. The predicted octanol–water partition coefficient (Wildman–Crippen LogP) is 1.55. The number of carbonyl (C=O) groups is 2. The van der Waals surface area contributed by atoms with E-state index in [1.54, 1.807) is 0 Å². The maximum Gasteiger partial charge on any atom is 0.358 e. The average Bonchev–Trinajstić information content (AvgIpc) is 2.29. The van der Waals surface area contributed by atoms with Crippen molar-refractivity contribution >= 4 is 17.7 Å². The Balaban J connectivity index is 2.74. The zero-order valence-corrected chi connectivity index (χ0v) is 9.80.